The van der Waals surface area contributed by atoms with Gasteiger partial charge in [0.1, 0.15) is 5.56 Å². The summed E-state index contributed by atoms with van der Waals surface area (Å²) in [6, 6.07) is 8.33. The van der Waals surface area contributed by atoms with Crippen molar-refractivity contribution in [2.45, 2.75) is 11.9 Å². The molecule has 24 heavy (non-hydrogen) atoms. The van der Waals surface area contributed by atoms with Crippen LogP contribution in [0.2, 0.25) is 0 Å². The fraction of sp³-hybridized carbons (Fsp3) is 0.143. The molecule has 0 aliphatic rings. The Balaban J connectivity index is 2.14. The lowest BCUT2D eigenvalue weighted by atomic mass is 10.2. The Morgan fingerprint density at radius 3 is 2.79 bits per heavy atom. The highest BCUT2D eigenvalue weighted by molar-refractivity contribution is 7.89. The molecule has 0 bridgehead atoms. The quantitative estimate of drug-likeness (QED) is 0.450. The first kappa shape index (κ1) is 17.2. The van der Waals surface area contributed by atoms with Crippen molar-refractivity contribution in [3.8, 4) is 6.07 Å². The van der Waals surface area contributed by atoms with Gasteiger partial charge in [0, 0.05) is 0 Å². The predicted molar refractivity (Wildman–Crippen MR) is 83.6 cm³/mol. The molecule has 1 aromatic carbocycles. The van der Waals surface area contributed by atoms with Crippen LogP contribution in [0.15, 0.2) is 40.6 Å². The third kappa shape index (κ3) is 3.96. The second-order valence-electron chi connectivity index (χ2n) is 4.42. The molecule has 0 saturated carbocycles. The van der Waals surface area contributed by atoms with Crippen molar-refractivity contribution in [3.05, 3.63) is 47.2 Å². The maximum absolute atomic E-state index is 12.2. The summed E-state index contributed by atoms with van der Waals surface area (Å²) in [5, 5.41) is 17.7. The number of nitrogens with one attached hydrogen (secondary N) is 2. The topological polar surface area (TPSA) is 137 Å². The third-order valence-electron chi connectivity index (χ3n) is 2.79. The van der Waals surface area contributed by atoms with Gasteiger partial charge in [-0.3, -0.25) is 5.10 Å². The predicted octanol–water partition coefficient (Wildman–Crippen LogP) is 0.770. The molecule has 0 unspecified atom stereocenters. The summed E-state index contributed by atoms with van der Waals surface area (Å²) in [5.41, 5.74) is 0.856. The van der Waals surface area contributed by atoms with E-state index in [0.29, 0.717) is 11.1 Å². The van der Waals surface area contributed by atoms with Crippen LogP contribution < -0.4 is 4.83 Å². The van der Waals surface area contributed by atoms with E-state index < -0.39 is 21.0 Å². The molecule has 0 radical (unpaired) electrons. The van der Waals surface area contributed by atoms with Crippen LogP contribution in [0, 0.1) is 11.3 Å². The number of H-pyrrole nitrogens is 1. The summed E-state index contributed by atoms with van der Waals surface area (Å²) in [6.07, 6.45) is 2.33. The van der Waals surface area contributed by atoms with Gasteiger partial charge in [0.05, 0.1) is 30.7 Å². The van der Waals surface area contributed by atoms with Crippen molar-refractivity contribution < 1.29 is 17.9 Å². The molecule has 0 spiro atoms. The Morgan fingerprint density at radius 2 is 2.17 bits per heavy atom. The van der Waals surface area contributed by atoms with Crippen LogP contribution in [0.25, 0.3) is 0 Å². The lowest BCUT2D eigenvalue weighted by Crippen LogP contribution is -2.21. The zero-order chi connectivity index (χ0) is 17.6. The van der Waals surface area contributed by atoms with Crippen molar-refractivity contribution in [3.63, 3.8) is 0 Å². The van der Waals surface area contributed by atoms with E-state index in [0.717, 1.165) is 6.20 Å². The van der Waals surface area contributed by atoms with Crippen molar-refractivity contribution in [2.24, 2.45) is 5.10 Å². The van der Waals surface area contributed by atoms with Gasteiger partial charge in [-0.1, -0.05) is 12.1 Å². The number of aromatic amines is 1. The number of hydrogen-bond donors (Lipinski definition) is 2. The number of ether oxygens (including phenoxy) is 1. The second kappa shape index (κ2) is 7.38. The van der Waals surface area contributed by atoms with E-state index >= 15 is 0 Å². The normalized spacial score (nSPS) is 11.2. The molecule has 2 aromatic rings. The van der Waals surface area contributed by atoms with Crippen LogP contribution in [-0.2, 0) is 14.8 Å². The SMILES string of the molecule is CCOC(=O)c1cn[nH]c1S(=O)(=O)N/N=C/c1ccc(C#N)cc1. The fourth-order valence-electron chi connectivity index (χ4n) is 1.69. The van der Waals surface area contributed by atoms with Gasteiger partial charge < -0.3 is 4.74 Å². The van der Waals surface area contributed by atoms with Crippen LogP contribution >= 0.6 is 0 Å². The number of carbonyl (C=O) groups excluding carboxylic acids is 1. The lowest BCUT2D eigenvalue weighted by molar-refractivity contribution is 0.0522. The van der Waals surface area contributed by atoms with Crippen LogP contribution in [0.5, 0.6) is 0 Å². The first-order valence-electron chi connectivity index (χ1n) is 6.73. The van der Waals surface area contributed by atoms with Gasteiger partial charge in [0.2, 0.25) is 0 Å². The number of esters is 1. The number of hydrazone groups is 1. The summed E-state index contributed by atoms with van der Waals surface area (Å²) in [4.78, 5) is 13.7. The van der Waals surface area contributed by atoms with Gasteiger partial charge >= 0.3 is 5.97 Å². The Morgan fingerprint density at radius 1 is 1.46 bits per heavy atom. The van der Waals surface area contributed by atoms with Crippen molar-refractivity contribution in [1.29, 1.82) is 5.26 Å². The monoisotopic (exact) mass is 347 g/mol. The Labute approximate surface area is 138 Å². The summed E-state index contributed by atoms with van der Waals surface area (Å²) in [5.74, 6) is -0.803. The Hall–Kier alpha value is -3.19. The summed E-state index contributed by atoms with van der Waals surface area (Å²) < 4.78 is 29.1. The van der Waals surface area contributed by atoms with Crippen LogP contribution in [0.4, 0.5) is 0 Å². The molecule has 0 saturated heterocycles. The van der Waals surface area contributed by atoms with E-state index in [-0.39, 0.29) is 12.2 Å². The highest BCUT2D eigenvalue weighted by Crippen LogP contribution is 2.13. The summed E-state index contributed by atoms with van der Waals surface area (Å²) >= 11 is 0. The number of benzene rings is 1. The number of nitriles is 1. The highest BCUT2D eigenvalue weighted by atomic mass is 32.2. The second-order valence-corrected chi connectivity index (χ2v) is 6.02. The van der Waals surface area contributed by atoms with Gasteiger partial charge in [0.25, 0.3) is 10.0 Å². The summed E-state index contributed by atoms with van der Waals surface area (Å²) in [6.45, 7) is 1.71. The first-order valence-corrected chi connectivity index (χ1v) is 8.21. The minimum absolute atomic E-state index is 0.105. The van der Waals surface area contributed by atoms with Crippen LogP contribution in [0.3, 0.4) is 0 Å². The Bertz CT molecular complexity index is 894. The molecule has 10 heteroatoms. The minimum Gasteiger partial charge on any atom is -0.462 e. The lowest BCUT2D eigenvalue weighted by Gasteiger charge is -2.04. The highest BCUT2D eigenvalue weighted by Gasteiger charge is 2.25. The smallest absolute Gasteiger partial charge is 0.342 e. The molecule has 124 valence electrons. The number of nitrogens with zero attached hydrogens (tertiary/aromatic N) is 3. The standard InChI is InChI=1S/C14H13N5O4S/c1-2-23-14(20)12-9-16-18-13(12)24(21,22)19-17-8-11-5-3-10(7-15)4-6-11/h3-6,8-9,19H,2H2,1H3,(H,16,18)/b17-8+. The number of sulfonamides is 1. The molecule has 0 amide bonds. The van der Waals surface area contributed by atoms with Gasteiger partial charge in [-0.15, -0.1) is 0 Å². The maximum Gasteiger partial charge on any atom is 0.342 e. The molecular formula is C14H13N5O4S. The van der Waals surface area contributed by atoms with E-state index in [4.69, 9.17) is 10.00 Å². The van der Waals surface area contributed by atoms with Crippen molar-refractivity contribution in [1.82, 2.24) is 15.0 Å². The molecule has 0 aliphatic heterocycles. The zero-order valence-electron chi connectivity index (χ0n) is 12.6. The number of aromatic nitrogens is 2. The van der Waals surface area contributed by atoms with Gasteiger partial charge in [-0.2, -0.15) is 28.7 Å². The number of carbonyl (C=O) groups is 1. The van der Waals surface area contributed by atoms with E-state index in [9.17, 15) is 13.2 Å². The molecule has 1 aromatic heterocycles. The van der Waals surface area contributed by atoms with Crippen molar-refractivity contribution in [2.75, 3.05) is 6.61 Å². The third-order valence-corrected chi connectivity index (χ3v) is 3.99. The molecule has 9 nitrogen and oxygen atoms in total. The van der Waals surface area contributed by atoms with Crippen LogP contribution in [-0.4, -0.2) is 37.4 Å². The first-order chi connectivity index (χ1) is 11.5. The molecule has 2 rings (SSSR count). The van der Waals surface area contributed by atoms with Crippen LogP contribution in [0.1, 0.15) is 28.4 Å². The van der Waals surface area contributed by atoms with E-state index in [1.807, 2.05) is 10.9 Å². The molecule has 0 fully saturated rings. The zero-order valence-corrected chi connectivity index (χ0v) is 13.4. The molecule has 0 atom stereocenters. The van der Waals surface area contributed by atoms with E-state index in [1.165, 1.54) is 6.21 Å². The molecule has 2 N–H and O–H groups in total. The maximum atomic E-state index is 12.2. The fourth-order valence-corrected chi connectivity index (χ4v) is 2.57. The Kier molecular flexibility index (Phi) is 5.28. The van der Waals surface area contributed by atoms with Crippen molar-refractivity contribution >= 4 is 22.2 Å². The van der Waals surface area contributed by atoms with E-state index in [2.05, 4.69) is 15.3 Å². The average Bonchev–Trinajstić information content (AvgIpc) is 3.06. The molecule has 1 heterocycles. The minimum atomic E-state index is -4.11. The number of rotatable bonds is 6. The van der Waals surface area contributed by atoms with Gasteiger partial charge in [-0.25, -0.2) is 4.79 Å². The molecular weight excluding hydrogens is 334 g/mol. The average molecular weight is 347 g/mol. The largest absolute Gasteiger partial charge is 0.462 e. The summed E-state index contributed by atoms with van der Waals surface area (Å²) in [7, 11) is -4.11. The van der Waals surface area contributed by atoms with E-state index in [1.54, 1.807) is 31.2 Å². The van der Waals surface area contributed by atoms with Gasteiger partial charge in [0.15, 0.2) is 5.03 Å². The van der Waals surface area contributed by atoms with Gasteiger partial charge in [-0.05, 0) is 24.6 Å². The number of hydrogen-bond acceptors (Lipinski definition) is 7. The molecule has 0 aliphatic carbocycles.